The van der Waals surface area contributed by atoms with E-state index in [1.807, 2.05) is 6.07 Å². The summed E-state index contributed by atoms with van der Waals surface area (Å²) in [7, 11) is 1.55. The Kier molecular flexibility index (Phi) is 4.60. The minimum Gasteiger partial charge on any atom is -0.481 e. The number of hydrogen-bond acceptors (Lipinski definition) is 4. The number of pyridine rings is 1. The summed E-state index contributed by atoms with van der Waals surface area (Å²) in [5, 5.41) is 5.58. The number of hydrogen-bond donors (Lipinski definition) is 2. The maximum atomic E-state index is 12.2. The number of rotatable bonds is 5. The fraction of sp³-hybridized carbons (Fsp3) is 0.235. The zero-order valence-corrected chi connectivity index (χ0v) is 13.3. The molecule has 2 heterocycles. The maximum absolute atomic E-state index is 12.2. The maximum Gasteiger partial charge on any atom is 0.321 e. The molecule has 0 radical (unpaired) electrons. The topological polar surface area (TPSA) is 83.6 Å². The highest BCUT2D eigenvalue weighted by atomic mass is 16.5. The van der Waals surface area contributed by atoms with Gasteiger partial charge in [0.05, 0.1) is 7.11 Å². The molecule has 2 N–H and O–H groups in total. The molecule has 0 unspecified atom stereocenters. The third-order valence-corrected chi connectivity index (χ3v) is 3.76. The van der Waals surface area contributed by atoms with Crippen molar-refractivity contribution in [3.63, 3.8) is 0 Å². The van der Waals surface area contributed by atoms with Crippen LogP contribution in [0.3, 0.4) is 0 Å². The van der Waals surface area contributed by atoms with Gasteiger partial charge in [0.25, 0.3) is 5.91 Å². The molecule has 0 spiro atoms. The Balaban J connectivity index is 1.59. The van der Waals surface area contributed by atoms with E-state index >= 15 is 0 Å². The van der Waals surface area contributed by atoms with Crippen molar-refractivity contribution >= 4 is 17.6 Å². The number of methoxy groups -OCH3 is 1. The predicted molar refractivity (Wildman–Crippen MR) is 89.1 cm³/mol. The summed E-state index contributed by atoms with van der Waals surface area (Å²) < 4.78 is 4.99. The summed E-state index contributed by atoms with van der Waals surface area (Å²) in [5.41, 5.74) is 2.20. The number of amides is 3. The summed E-state index contributed by atoms with van der Waals surface area (Å²) >= 11 is 0. The molecular formula is C17H18N4O3. The first-order valence-electron chi connectivity index (χ1n) is 7.60. The van der Waals surface area contributed by atoms with Crippen LogP contribution in [0.1, 0.15) is 15.9 Å². The van der Waals surface area contributed by atoms with Crippen LogP contribution in [0, 0.1) is 0 Å². The first-order chi connectivity index (χ1) is 11.7. The number of nitrogens with one attached hydrogen (secondary N) is 2. The lowest BCUT2D eigenvalue weighted by atomic mass is 10.1. The van der Waals surface area contributed by atoms with Gasteiger partial charge >= 0.3 is 6.03 Å². The number of anilines is 1. The number of urea groups is 1. The number of benzene rings is 1. The van der Waals surface area contributed by atoms with Crippen molar-refractivity contribution < 1.29 is 14.3 Å². The molecule has 24 heavy (non-hydrogen) atoms. The molecule has 1 saturated heterocycles. The summed E-state index contributed by atoms with van der Waals surface area (Å²) in [6.07, 6.45) is 1.66. The minimum absolute atomic E-state index is 0.112. The van der Waals surface area contributed by atoms with E-state index in [0.717, 1.165) is 11.3 Å². The van der Waals surface area contributed by atoms with E-state index in [1.165, 1.54) is 0 Å². The molecule has 0 aliphatic carbocycles. The fourth-order valence-electron chi connectivity index (χ4n) is 2.43. The standard InChI is InChI=1S/C17H18N4O3/c1-24-15-7-2-12(10-19-15)11-20-16(22)13-3-5-14(6-4-13)21-9-8-18-17(21)23/h2-7,10H,8-9,11H2,1H3,(H,18,23)(H,20,22). The average molecular weight is 326 g/mol. The Morgan fingerprint density at radius 1 is 1.29 bits per heavy atom. The third kappa shape index (κ3) is 3.45. The number of carbonyl (C=O) groups is 2. The molecule has 2 aromatic rings. The van der Waals surface area contributed by atoms with E-state index in [4.69, 9.17) is 4.74 Å². The van der Waals surface area contributed by atoms with Crippen LogP contribution in [0.5, 0.6) is 5.88 Å². The quantitative estimate of drug-likeness (QED) is 0.873. The van der Waals surface area contributed by atoms with Gasteiger partial charge < -0.3 is 15.4 Å². The second kappa shape index (κ2) is 6.99. The van der Waals surface area contributed by atoms with Gasteiger partial charge in [-0.15, -0.1) is 0 Å². The molecule has 124 valence electrons. The first-order valence-corrected chi connectivity index (χ1v) is 7.60. The highest BCUT2D eigenvalue weighted by Gasteiger charge is 2.21. The largest absolute Gasteiger partial charge is 0.481 e. The third-order valence-electron chi connectivity index (χ3n) is 3.76. The predicted octanol–water partition coefficient (Wildman–Crippen LogP) is 1.55. The molecule has 1 fully saturated rings. The molecular weight excluding hydrogens is 308 g/mol. The highest BCUT2D eigenvalue weighted by Crippen LogP contribution is 2.17. The lowest BCUT2D eigenvalue weighted by molar-refractivity contribution is 0.0951. The molecule has 0 atom stereocenters. The molecule has 1 aromatic carbocycles. The molecule has 1 aliphatic rings. The monoisotopic (exact) mass is 326 g/mol. The van der Waals surface area contributed by atoms with Crippen LogP contribution in [-0.4, -0.2) is 37.1 Å². The van der Waals surface area contributed by atoms with Crippen LogP contribution < -0.4 is 20.3 Å². The summed E-state index contributed by atoms with van der Waals surface area (Å²) in [4.78, 5) is 29.5. The van der Waals surface area contributed by atoms with Crippen LogP contribution in [0.15, 0.2) is 42.6 Å². The first kappa shape index (κ1) is 15.8. The van der Waals surface area contributed by atoms with Gasteiger partial charge in [-0.3, -0.25) is 9.69 Å². The van der Waals surface area contributed by atoms with E-state index in [1.54, 1.807) is 48.5 Å². The van der Waals surface area contributed by atoms with Crippen molar-refractivity contribution in [2.75, 3.05) is 25.1 Å². The van der Waals surface area contributed by atoms with Crippen molar-refractivity contribution in [1.82, 2.24) is 15.6 Å². The van der Waals surface area contributed by atoms with E-state index in [0.29, 0.717) is 31.1 Å². The number of nitrogens with zero attached hydrogens (tertiary/aromatic N) is 2. The fourth-order valence-corrected chi connectivity index (χ4v) is 2.43. The van der Waals surface area contributed by atoms with Gasteiger partial charge in [0.2, 0.25) is 5.88 Å². The Labute approximate surface area is 139 Å². The van der Waals surface area contributed by atoms with Crippen molar-refractivity contribution in [2.24, 2.45) is 0 Å². The minimum atomic E-state index is -0.178. The zero-order valence-electron chi connectivity index (χ0n) is 13.3. The molecule has 3 rings (SSSR count). The number of aromatic nitrogens is 1. The molecule has 1 aromatic heterocycles. The van der Waals surface area contributed by atoms with Gasteiger partial charge in [0, 0.05) is 43.1 Å². The lowest BCUT2D eigenvalue weighted by Crippen LogP contribution is -2.28. The molecule has 7 heteroatoms. The van der Waals surface area contributed by atoms with Gasteiger partial charge in [-0.1, -0.05) is 6.07 Å². The Hall–Kier alpha value is -3.09. The Morgan fingerprint density at radius 3 is 2.67 bits per heavy atom. The Bertz CT molecular complexity index is 729. The zero-order chi connectivity index (χ0) is 16.9. The smallest absolute Gasteiger partial charge is 0.321 e. The normalized spacial score (nSPS) is 13.5. The average Bonchev–Trinajstić information content (AvgIpc) is 3.06. The van der Waals surface area contributed by atoms with E-state index in [9.17, 15) is 9.59 Å². The molecule has 3 amide bonds. The second-order valence-electron chi connectivity index (χ2n) is 5.32. The van der Waals surface area contributed by atoms with Gasteiger partial charge in [-0.25, -0.2) is 9.78 Å². The van der Waals surface area contributed by atoms with E-state index < -0.39 is 0 Å². The van der Waals surface area contributed by atoms with Crippen LogP contribution in [-0.2, 0) is 6.54 Å². The van der Waals surface area contributed by atoms with Gasteiger partial charge in [0.15, 0.2) is 0 Å². The number of carbonyl (C=O) groups excluding carboxylic acids is 2. The number of ether oxygens (including phenoxy) is 1. The van der Waals surface area contributed by atoms with E-state index in [2.05, 4.69) is 15.6 Å². The summed E-state index contributed by atoms with van der Waals surface area (Å²) in [6, 6.07) is 10.5. The van der Waals surface area contributed by atoms with Gasteiger partial charge in [-0.05, 0) is 29.8 Å². The molecule has 7 nitrogen and oxygen atoms in total. The van der Waals surface area contributed by atoms with Gasteiger partial charge in [-0.2, -0.15) is 0 Å². The van der Waals surface area contributed by atoms with Gasteiger partial charge in [0.1, 0.15) is 0 Å². The van der Waals surface area contributed by atoms with Crippen molar-refractivity contribution in [3.05, 3.63) is 53.7 Å². The van der Waals surface area contributed by atoms with E-state index in [-0.39, 0.29) is 11.9 Å². The van der Waals surface area contributed by atoms with Crippen LogP contribution in [0.25, 0.3) is 0 Å². The van der Waals surface area contributed by atoms with Crippen LogP contribution in [0.2, 0.25) is 0 Å². The second-order valence-corrected chi connectivity index (χ2v) is 5.32. The summed E-state index contributed by atoms with van der Waals surface area (Å²) in [6.45, 7) is 1.65. The van der Waals surface area contributed by atoms with Crippen LogP contribution >= 0.6 is 0 Å². The van der Waals surface area contributed by atoms with Crippen LogP contribution in [0.4, 0.5) is 10.5 Å². The molecule has 0 saturated carbocycles. The SMILES string of the molecule is COc1ccc(CNC(=O)c2ccc(N3CCNC3=O)cc2)cn1. The van der Waals surface area contributed by atoms with Crippen molar-refractivity contribution in [1.29, 1.82) is 0 Å². The lowest BCUT2D eigenvalue weighted by Gasteiger charge is -2.14. The highest BCUT2D eigenvalue weighted by molar-refractivity contribution is 5.96. The molecule has 0 bridgehead atoms. The van der Waals surface area contributed by atoms with Crippen molar-refractivity contribution in [2.45, 2.75) is 6.54 Å². The molecule has 1 aliphatic heterocycles. The summed E-state index contributed by atoms with van der Waals surface area (Å²) in [5.74, 6) is 0.356. The Morgan fingerprint density at radius 2 is 2.08 bits per heavy atom. The van der Waals surface area contributed by atoms with Crippen molar-refractivity contribution in [3.8, 4) is 5.88 Å².